The Hall–Kier alpha value is -2.07. The Kier molecular flexibility index (Phi) is 3.32. The van der Waals surface area contributed by atoms with Crippen LogP contribution in [0.5, 0.6) is 5.75 Å². The van der Waals surface area contributed by atoms with E-state index in [-0.39, 0.29) is 17.4 Å². The average molecular weight is 291 g/mol. The number of pyridine rings is 1. The van der Waals surface area contributed by atoms with Gasteiger partial charge in [0.05, 0.1) is 10.7 Å². The molecule has 2 heterocycles. The predicted octanol–water partition coefficient (Wildman–Crippen LogP) is 4.01. The van der Waals surface area contributed by atoms with Gasteiger partial charge in [-0.15, -0.1) is 0 Å². The number of aryl methyl sites for hydroxylation is 1. The molecule has 0 bridgehead atoms. The van der Waals surface area contributed by atoms with Gasteiger partial charge < -0.3 is 9.14 Å². The van der Waals surface area contributed by atoms with Crippen LogP contribution in [0.15, 0.2) is 42.7 Å². The molecule has 0 atom stereocenters. The van der Waals surface area contributed by atoms with E-state index in [1.54, 1.807) is 0 Å². The highest BCUT2D eigenvalue weighted by Crippen LogP contribution is 2.25. The minimum atomic E-state index is -0.384. The lowest BCUT2D eigenvalue weighted by atomic mass is 10.3. The van der Waals surface area contributed by atoms with Gasteiger partial charge in [0, 0.05) is 12.4 Å². The predicted molar refractivity (Wildman–Crippen MR) is 75.7 cm³/mol. The highest BCUT2D eigenvalue weighted by molar-refractivity contribution is 6.32. The van der Waals surface area contributed by atoms with Gasteiger partial charge in [0.15, 0.2) is 0 Å². The van der Waals surface area contributed by atoms with Crippen LogP contribution in [0.4, 0.5) is 4.39 Å². The largest absolute Gasteiger partial charge is 0.486 e. The monoisotopic (exact) mass is 290 g/mol. The Bertz CT molecular complexity index is 770. The number of imidazole rings is 1. The van der Waals surface area contributed by atoms with Crippen LogP contribution in [0.3, 0.4) is 0 Å². The molecular weight excluding hydrogens is 279 g/mol. The van der Waals surface area contributed by atoms with E-state index in [4.69, 9.17) is 16.3 Å². The van der Waals surface area contributed by atoms with Crippen molar-refractivity contribution in [2.45, 2.75) is 13.5 Å². The maximum atomic E-state index is 12.9. The minimum Gasteiger partial charge on any atom is -0.486 e. The molecule has 3 aromatic rings. The molecule has 102 valence electrons. The molecule has 3 nitrogen and oxygen atoms in total. The van der Waals surface area contributed by atoms with Crippen molar-refractivity contribution in [2.75, 3.05) is 0 Å². The topological polar surface area (TPSA) is 26.5 Å². The van der Waals surface area contributed by atoms with Gasteiger partial charge in [-0.3, -0.25) is 0 Å². The molecule has 0 aliphatic carbocycles. The number of aromatic nitrogens is 2. The van der Waals surface area contributed by atoms with Crippen LogP contribution in [0.2, 0.25) is 5.02 Å². The molecule has 0 aliphatic heterocycles. The lowest BCUT2D eigenvalue weighted by Gasteiger charge is -2.05. The number of hydrogen-bond donors (Lipinski definition) is 0. The fourth-order valence-electron chi connectivity index (χ4n) is 1.97. The molecule has 0 radical (unpaired) electrons. The molecule has 0 saturated heterocycles. The van der Waals surface area contributed by atoms with Gasteiger partial charge in [0.1, 0.15) is 23.8 Å². The Labute approximate surface area is 120 Å². The van der Waals surface area contributed by atoms with Gasteiger partial charge in [0.25, 0.3) is 0 Å². The second kappa shape index (κ2) is 5.13. The van der Waals surface area contributed by atoms with Gasteiger partial charge in [-0.05, 0) is 36.8 Å². The van der Waals surface area contributed by atoms with E-state index in [1.165, 1.54) is 18.2 Å². The number of fused-ring (bicyclic) bond motifs is 1. The van der Waals surface area contributed by atoms with E-state index < -0.39 is 0 Å². The first-order valence-corrected chi connectivity index (χ1v) is 6.52. The number of hydrogen-bond acceptors (Lipinski definition) is 2. The molecule has 0 unspecified atom stereocenters. The Morgan fingerprint density at radius 2 is 2.10 bits per heavy atom. The normalized spacial score (nSPS) is 10.9. The van der Waals surface area contributed by atoms with Crippen molar-refractivity contribution >= 4 is 17.2 Å². The molecule has 20 heavy (non-hydrogen) atoms. The van der Waals surface area contributed by atoms with Crippen molar-refractivity contribution in [1.29, 1.82) is 0 Å². The van der Waals surface area contributed by atoms with Gasteiger partial charge in [-0.2, -0.15) is 0 Å². The minimum absolute atomic E-state index is 0.254. The molecule has 5 heteroatoms. The summed E-state index contributed by atoms with van der Waals surface area (Å²) in [5.74, 6) is 0.0619. The summed E-state index contributed by atoms with van der Waals surface area (Å²) in [4.78, 5) is 4.44. The van der Waals surface area contributed by atoms with Crippen molar-refractivity contribution in [3.8, 4) is 5.75 Å². The molecule has 2 aromatic heterocycles. The number of nitrogens with zero attached hydrogens (tertiary/aromatic N) is 2. The third-order valence-corrected chi connectivity index (χ3v) is 3.21. The summed E-state index contributed by atoms with van der Waals surface area (Å²) in [5, 5.41) is 0.254. The second-order valence-electron chi connectivity index (χ2n) is 4.57. The standard InChI is InChI=1S/C15H12ClFN2O/c1-10-2-5-15-18-12(8-19(15)7-10)9-20-14-4-3-11(17)6-13(14)16/h2-8H,9H2,1H3. The summed E-state index contributed by atoms with van der Waals surface area (Å²) in [7, 11) is 0. The summed E-state index contributed by atoms with van der Waals surface area (Å²) in [6, 6.07) is 8.00. The summed E-state index contributed by atoms with van der Waals surface area (Å²) < 4.78 is 20.4. The third-order valence-electron chi connectivity index (χ3n) is 2.92. The Morgan fingerprint density at radius 3 is 2.90 bits per heavy atom. The van der Waals surface area contributed by atoms with Crippen LogP contribution in [0, 0.1) is 12.7 Å². The zero-order valence-electron chi connectivity index (χ0n) is 10.8. The molecule has 0 fully saturated rings. The third kappa shape index (κ3) is 2.60. The van der Waals surface area contributed by atoms with Crippen molar-refractivity contribution in [3.05, 3.63) is 64.8 Å². The Balaban J connectivity index is 1.79. The summed E-state index contributed by atoms with van der Waals surface area (Å²) in [6.45, 7) is 2.31. The second-order valence-corrected chi connectivity index (χ2v) is 4.97. The molecule has 1 aromatic carbocycles. The molecular formula is C15H12ClFN2O. The van der Waals surface area contributed by atoms with Crippen LogP contribution in [-0.2, 0) is 6.61 Å². The SMILES string of the molecule is Cc1ccc2nc(COc3ccc(F)cc3Cl)cn2c1. The van der Waals surface area contributed by atoms with Gasteiger partial charge in [0.2, 0.25) is 0 Å². The van der Waals surface area contributed by atoms with Gasteiger partial charge in [-0.25, -0.2) is 9.37 Å². The molecule has 3 rings (SSSR count). The van der Waals surface area contributed by atoms with E-state index in [1.807, 2.05) is 35.9 Å². The van der Waals surface area contributed by atoms with Gasteiger partial charge >= 0.3 is 0 Å². The zero-order valence-corrected chi connectivity index (χ0v) is 11.6. The molecule has 0 saturated carbocycles. The first-order chi connectivity index (χ1) is 9.61. The van der Waals surface area contributed by atoms with Crippen molar-refractivity contribution in [3.63, 3.8) is 0 Å². The van der Waals surface area contributed by atoms with E-state index in [2.05, 4.69) is 4.98 Å². The van der Waals surface area contributed by atoms with Crippen molar-refractivity contribution in [2.24, 2.45) is 0 Å². The van der Waals surface area contributed by atoms with Crippen LogP contribution in [0.1, 0.15) is 11.3 Å². The number of rotatable bonds is 3. The quantitative estimate of drug-likeness (QED) is 0.728. The zero-order chi connectivity index (χ0) is 14.1. The first-order valence-electron chi connectivity index (χ1n) is 6.14. The van der Waals surface area contributed by atoms with Crippen molar-refractivity contribution < 1.29 is 9.13 Å². The number of halogens is 2. The van der Waals surface area contributed by atoms with Crippen LogP contribution in [0.25, 0.3) is 5.65 Å². The fraction of sp³-hybridized carbons (Fsp3) is 0.133. The Morgan fingerprint density at radius 1 is 1.25 bits per heavy atom. The summed E-state index contributed by atoms with van der Waals surface area (Å²) >= 11 is 5.90. The fourth-order valence-corrected chi connectivity index (χ4v) is 2.19. The smallest absolute Gasteiger partial charge is 0.138 e. The van der Waals surface area contributed by atoms with Crippen LogP contribution < -0.4 is 4.74 Å². The molecule has 0 spiro atoms. The molecule has 0 amide bonds. The van der Waals surface area contributed by atoms with E-state index in [0.717, 1.165) is 16.9 Å². The van der Waals surface area contributed by atoms with Crippen molar-refractivity contribution in [1.82, 2.24) is 9.38 Å². The lowest BCUT2D eigenvalue weighted by molar-refractivity contribution is 0.302. The lowest BCUT2D eigenvalue weighted by Crippen LogP contribution is -1.96. The number of ether oxygens (including phenoxy) is 1. The summed E-state index contributed by atoms with van der Waals surface area (Å²) in [5.41, 5.74) is 2.80. The first kappa shape index (κ1) is 12.9. The molecule has 0 aliphatic rings. The maximum Gasteiger partial charge on any atom is 0.138 e. The van der Waals surface area contributed by atoms with E-state index in [9.17, 15) is 4.39 Å². The average Bonchev–Trinajstić information content (AvgIpc) is 2.79. The maximum absolute atomic E-state index is 12.9. The number of benzene rings is 1. The summed E-state index contributed by atoms with van der Waals surface area (Å²) in [6.07, 6.45) is 3.90. The molecule has 0 N–H and O–H groups in total. The highest BCUT2D eigenvalue weighted by atomic mass is 35.5. The van der Waals surface area contributed by atoms with Crippen LogP contribution >= 0.6 is 11.6 Å². The van der Waals surface area contributed by atoms with Gasteiger partial charge in [-0.1, -0.05) is 17.7 Å². The highest BCUT2D eigenvalue weighted by Gasteiger charge is 2.06. The van der Waals surface area contributed by atoms with E-state index in [0.29, 0.717) is 5.75 Å². The van der Waals surface area contributed by atoms with Crippen LogP contribution in [-0.4, -0.2) is 9.38 Å². The van der Waals surface area contributed by atoms with E-state index >= 15 is 0 Å².